The summed E-state index contributed by atoms with van der Waals surface area (Å²) in [7, 11) is 1.31. The van der Waals surface area contributed by atoms with Crippen molar-refractivity contribution in [1.82, 2.24) is 5.32 Å². The van der Waals surface area contributed by atoms with Crippen molar-refractivity contribution < 1.29 is 19.1 Å². The summed E-state index contributed by atoms with van der Waals surface area (Å²) in [5.74, 6) is -0.754. The topological polar surface area (TPSA) is 100 Å². The number of nitrogens with one attached hydrogen (secondary N) is 2. The Morgan fingerprint density at radius 2 is 1.94 bits per heavy atom. The molecular weight excluding hydrogens is 450 g/mol. The monoisotopic (exact) mass is 477 g/mol. The number of thioether (sulfide) groups is 1. The van der Waals surface area contributed by atoms with Crippen molar-refractivity contribution in [3.05, 3.63) is 81.5 Å². The maximum atomic E-state index is 12.7. The van der Waals surface area contributed by atoms with Gasteiger partial charge in [-0.15, -0.1) is 0 Å². The minimum Gasteiger partial charge on any atom is -0.494 e. The van der Waals surface area contributed by atoms with E-state index in [1.165, 1.54) is 18.9 Å². The Labute approximate surface area is 203 Å². The van der Waals surface area contributed by atoms with Crippen LogP contribution in [-0.2, 0) is 14.3 Å². The van der Waals surface area contributed by atoms with Crippen LogP contribution in [0.25, 0.3) is 0 Å². The van der Waals surface area contributed by atoms with E-state index in [2.05, 4.69) is 16.7 Å². The molecule has 1 amide bonds. The van der Waals surface area contributed by atoms with Crippen LogP contribution >= 0.6 is 11.8 Å². The summed E-state index contributed by atoms with van der Waals surface area (Å²) in [5.41, 5.74) is 3.66. The Morgan fingerprint density at radius 1 is 1.18 bits per heavy atom. The van der Waals surface area contributed by atoms with Gasteiger partial charge in [-0.3, -0.25) is 4.79 Å². The van der Waals surface area contributed by atoms with Gasteiger partial charge in [-0.05, 0) is 44.5 Å². The van der Waals surface area contributed by atoms with E-state index in [9.17, 15) is 14.9 Å². The molecule has 2 aromatic rings. The number of ether oxygens (including phenoxy) is 2. The predicted octanol–water partition coefficient (Wildman–Crippen LogP) is 4.63. The SMILES string of the molecule is CCOc1ccccc1[C@H]1C(C#N)=C(SCC(=O)Nc2cccc(C)c2)NC(C)=C1C(=O)OC. The molecule has 7 nitrogen and oxygen atoms in total. The molecule has 0 spiro atoms. The van der Waals surface area contributed by atoms with Crippen molar-refractivity contribution in [3.63, 3.8) is 0 Å². The first-order valence-corrected chi connectivity index (χ1v) is 11.8. The van der Waals surface area contributed by atoms with Crippen molar-refractivity contribution in [1.29, 1.82) is 5.26 Å². The van der Waals surface area contributed by atoms with Crippen LogP contribution < -0.4 is 15.4 Å². The fourth-order valence-electron chi connectivity index (χ4n) is 3.78. The largest absolute Gasteiger partial charge is 0.494 e. The molecule has 0 saturated carbocycles. The normalized spacial score (nSPS) is 15.3. The molecule has 3 rings (SSSR count). The number of allylic oxidation sites excluding steroid dienone is 2. The number of aryl methyl sites for hydroxylation is 1. The lowest BCUT2D eigenvalue weighted by Gasteiger charge is -2.30. The van der Waals surface area contributed by atoms with Crippen molar-refractivity contribution in [2.75, 3.05) is 24.8 Å². The summed E-state index contributed by atoms with van der Waals surface area (Å²) in [6, 6.07) is 17.1. The molecule has 0 bridgehead atoms. The average molecular weight is 478 g/mol. The van der Waals surface area contributed by atoms with Crippen molar-refractivity contribution in [2.45, 2.75) is 26.7 Å². The Balaban J connectivity index is 1.95. The molecule has 2 aromatic carbocycles. The Morgan fingerprint density at radius 3 is 2.62 bits per heavy atom. The number of carbonyl (C=O) groups excluding carboxylic acids is 2. The molecule has 0 radical (unpaired) electrons. The lowest BCUT2D eigenvalue weighted by molar-refractivity contribution is -0.136. The lowest BCUT2D eigenvalue weighted by atomic mass is 9.82. The molecule has 0 saturated heterocycles. The number of para-hydroxylation sites is 1. The molecular formula is C26H27N3O4S. The van der Waals surface area contributed by atoms with E-state index in [1.807, 2.05) is 62.4 Å². The number of benzene rings is 2. The zero-order chi connectivity index (χ0) is 24.7. The number of esters is 1. The molecule has 0 fully saturated rings. The number of nitriles is 1. The van der Waals surface area contributed by atoms with E-state index in [1.54, 1.807) is 6.92 Å². The quantitative estimate of drug-likeness (QED) is 0.535. The fourth-order valence-corrected chi connectivity index (χ4v) is 4.67. The number of nitrogens with zero attached hydrogens (tertiary/aromatic N) is 1. The van der Waals surface area contributed by atoms with Gasteiger partial charge in [0, 0.05) is 16.9 Å². The van der Waals surface area contributed by atoms with Crippen LogP contribution in [0, 0.1) is 18.3 Å². The number of amides is 1. The summed E-state index contributed by atoms with van der Waals surface area (Å²) in [5, 5.41) is 16.7. The van der Waals surface area contributed by atoms with Crippen molar-refractivity contribution in [2.24, 2.45) is 0 Å². The molecule has 8 heteroatoms. The summed E-state index contributed by atoms with van der Waals surface area (Å²) < 4.78 is 10.8. The molecule has 1 atom stereocenters. The highest BCUT2D eigenvalue weighted by Crippen LogP contribution is 2.43. The van der Waals surface area contributed by atoms with Gasteiger partial charge in [0.1, 0.15) is 5.75 Å². The summed E-state index contributed by atoms with van der Waals surface area (Å²) in [4.78, 5) is 25.3. The highest BCUT2D eigenvalue weighted by atomic mass is 32.2. The fraction of sp³-hybridized carbons (Fsp3) is 0.269. The van der Waals surface area contributed by atoms with Crippen molar-refractivity contribution >= 4 is 29.3 Å². The third-order valence-corrected chi connectivity index (χ3v) is 6.25. The van der Waals surface area contributed by atoms with Crippen LogP contribution in [0.3, 0.4) is 0 Å². The molecule has 1 aliphatic rings. The molecule has 0 aromatic heterocycles. The van der Waals surface area contributed by atoms with Crippen LogP contribution in [0.1, 0.15) is 30.9 Å². The highest BCUT2D eigenvalue weighted by molar-refractivity contribution is 8.03. The second kappa shape index (κ2) is 11.4. The lowest BCUT2D eigenvalue weighted by Crippen LogP contribution is -2.29. The van der Waals surface area contributed by atoms with E-state index >= 15 is 0 Å². The third-order valence-electron chi connectivity index (χ3n) is 5.23. The van der Waals surface area contributed by atoms with E-state index in [-0.39, 0.29) is 11.7 Å². The average Bonchev–Trinajstić information content (AvgIpc) is 2.82. The van der Waals surface area contributed by atoms with Gasteiger partial charge in [-0.25, -0.2) is 4.79 Å². The minimum atomic E-state index is -0.691. The minimum absolute atomic E-state index is 0.0854. The van der Waals surface area contributed by atoms with Crippen LogP contribution in [0.5, 0.6) is 5.75 Å². The number of hydrogen-bond acceptors (Lipinski definition) is 7. The van der Waals surface area contributed by atoms with Crippen LogP contribution in [-0.4, -0.2) is 31.3 Å². The van der Waals surface area contributed by atoms with Gasteiger partial charge >= 0.3 is 5.97 Å². The van der Waals surface area contributed by atoms with Crippen LogP contribution in [0.2, 0.25) is 0 Å². The summed E-state index contributed by atoms with van der Waals surface area (Å²) in [6.45, 7) is 6.01. The third kappa shape index (κ3) is 5.61. The zero-order valence-electron chi connectivity index (χ0n) is 19.6. The Kier molecular flexibility index (Phi) is 8.39. The summed E-state index contributed by atoms with van der Waals surface area (Å²) in [6.07, 6.45) is 0. The number of methoxy groups -OCH3 is 1. The number of rotatable bonds is 8. The van der Waals surface area contributed by atoms with E-state index in [4.69, 9.17) is 9.47 Å². The zero-order valence-corrected chi connectivity index (χ0v) is 20.4. The van der Waals surface area contributed by atoms with Gasteiger partial charge in [0.05, 0.1) is 47.6 Å². The molecule has 1 heterocycles. The molecule has 0 unspecified atom stereocenters. The first-order valence-electron chi connectivity index (χ1n) is 10.8. The van der Waals surface area contributed by atoms with E-state index in [0.29, 0.717) is 45.5 Å². The van der Waals surface area contributed by atoms with Gasteiger partial charge < -0.3 is 20.1 Å². The maximum Gasteiger partial charge on any atom is 0.336 e. The number of anilines is 1. The van der Waals surface area contributed by atoms with Gasteiger partial charge in [0.25, 0.3) is 0 Å². The van der Waals surface area contributed by atoms with Gasteiger partial charge in [-0.1, -0.05) is 42.1 Å². The Bertz CT molecular complexity index is 1200. The smallest absolute Gasteiger partial charge is 0.336 e. The van der Waals surface area contributed by atoms with E-state index < -0.39 is 11.9 Å². The van der Waals surface area contributed by atoms with Gasteiger partial charge in [0.15, 0.2) is 0 Å². The highest BCUT2D eigenvalue weighted by Gasteiger charge is 2.36. The number of hydrogen-bond donors (Lipinski definition) is 2. The molecule has 34 heavy (non-hydrogen) atoms. The van der Waals surface area contributed by atoms with Crippen LogP contribution in [0.15, 0.2) is 70.4 Å². The first kappa shape index (κ1) is 24.9. The van der Waals surface area contributed by atoms with E-state index in [0.717, 1.165) is 5.56 Å². The van der Waals surface area contributed by atoms with Gasteiger partial charge in [-0.2, -0.15) is 5.26 Å². The van der Waals surface area contributed by atoms with Crippen molar-refractivity contribution in [3.8, 4) is 11.8 Å². The standard InChI is InChI=1S/C26H27N3O4S/c1-5-33-21-12-7-6-11-19(21)24-20(14-27)25(28-17(3)23(24)26(31)32-4)34-15-22(30)29-18-10-8-9-16(2)13-18/h6-13,24,28H,5,15H2,1-4H3,(H,29,30)/t24-/m0/s1. The number of carbonyl (C=O) groups is 2. The molecule has 1 aliphatic heterocycles. The molecule has 176 valence electrons. The summed E-state index contributed by atoms with van der Waals surface area (Å²) >= 11 is 1.21. The molecule has 0 aliphatic carbocycles. The predicted molar refractivity (Wildman–Crippen MR) is 133 cm³/mol. The number of dihydropyridines is 1. The first-order chi connectivity index (χ1) is 16.4. The van der Waals surface area contributed by atoms with Gasteiger partial charge in [0.2, 0.25) is 5.91 Å². The second-order valence-corrected chi connectivity index (χ2v) is 8.61. The Hall–Kier alpha value is -3.70. The van der Waals surface area contributed by atoms with Crippen LogP contribution in [0.4, 0.5) is 5.69 Å². The maximum absolute atomic E-state index is 12.7. The second-order valence-electron chi connectivity index (χ2n) is 7.62. The molecule has 2 N–H and O–H groups in total.